The van der Waals surface area contributed by atoms with Gasteiger partial charge in [-0.3, -0.25) is 9.36 Å². The summed E-state index contributed by atoms with van der Waals surface area (Å²) in [4.78, 5) is 22.0. The van der Waals surface area contributed by atoms with E-state index in [0.29, 0.717) is 0 Å². The number of hydrogen-bond acceptors (Lipinski definition) is 7. The zero-order valence-electron chi connectivity index (χ0n) is 9.97. The predicted molar refractivity (Wildman–Crippen MR) is 68.9 cm³/mol. The first kappa shape index (κ1) is 13.6. The van der Waals surface area contributed by atoms with Crippen molar-refractivity contribution in [1.82, 2.24) is 19.5 Å². The first-order valence-corrected chi connectivity index (χ1v) is 6.57. The van der Waals surface area contributed by atoms with E-state index in [4.69, 9.17) is 9.84 Å². The van der Waals surface area contributed by atoms with Crippen LogP contribution in [0.25, 0.3) is 11.2 Å². The van der Waals surface area contributed by atoms with Crippen LogP contribution in [0.3, 0.4) is 0 Å². The number of nitrogens with one attached hydrogen (secondary N) is 1. The average molecular weight is 347 g/mol. The van der Waals surface area contributed by atoms with Gasteiger partial charge in [0.15, 0.2) is 22.1 Å². The molecular weight excluding hydrogens is 336 g/mol. The van der Waals surface area contributed by atoms with Crippen molar-refractivity contribution in [2.45, 2.75) is 24.5 Å². The van der Waals surface area contributed by atoms with Gasteiger partial charge in [0.25, 0.3) is 5.56 Å². The monoisotopic (exact) mass is 346 g/mol. The van der Waals surface area contributed by atoms with Gasteiger partial charge in [-0.1, -0.05) is 0 Å². The summed E-state index contributed by atoms with van der Waals surface area (Å²) >= 11 is 3.17. The smallest absolute Gasteiger partial charge is 0.278 e. The summed E-state index contributed by atoms with van der Waals surface area (Å²) in [5.41, 5.74) is -0.145. The molecule has 4 atom stereocenters. The Labute approximate surface area is 120 Å². The van der Waals surface area contributed by atoms with Gasteiger partial charge >= 0.3 is 0 Å². The quantitative estimate of drug-likeness (QED) is 0.486. The van der Waals surface area contributed by atoms with E-state index in [1.165, 1.54) is 10.9 Å². The number of hydrogen-bond donors (Lipinski definition) is 4. The van der Waals surface area contributed by atoms with Crippen LogP contribution in [0, 0.1) is 0 Å². The van der Waals surface area contributed by atoms with E-state index in [1.54, 1.807) is 0 Å². The van der Waals surface area contributed by atoms with Crippen molar-refractivity contribution >= 4 is 27.1 Å². The van der Waals surface area contributed by atoms with Gasteiger partial charge in [0.1, 0.15) is 18.3 Å². The summed E-state index contributed by atoms with van der Waals surface area (Å²) in [7, 11) is 0. The molecule has 0 bridgehead atoms. The number of aromatic amines is 1. The molecule has 0 spiro atoms. The Hall–Kier alpha value is -1.33. The maximum atomic E-state index is 11.6. The Kier molecular flexibility index (Phi) is 3.34. The standard InChI is InChI=1S/C10H11BrN4O5/c11-10-14-4-7(12-2-13-8(4)19)15(10)9-6(18)5(17)3(1-16)20-9/h2-3,5-6,9,16-18H,1H2,(H,12,13,19)/t3-,5+,6+,9+/m0/s1. The Balaban J connectivity index is 2.14. The van der Waals surface area contributed by atoms with Gasteiger partial charge in [-0.25, -0.2) is 9.97 Å². The SMILES string of the molecule is O=c1[nH]cnc2c1nc(Br)n2[C@@H]1O[C@@H](CO)[C@@H](O)[C@H]1O. The number of aliphatic hydroxyl groups is 3. The minimum absolute atomic E-state index is 0.0807. The van der Waals surface area contributed by atoms with Crippen molar-refractivity contribution in [3.63, 3.8) is 0 Å². The fourth-order valence-corrected chi connectivity index (χ4v) is 2.76. The molecule has 9 nitrogen and oxygen atoms in total. The zero-order valence-corrected chi connectivity index (χ0v) is 11.6. The van der Waals surface area contributed by atoms with Crippen LogP contribution in [-0.2, 0) is 4.74 Å². The fourth-order valence-electron chi connectivity index (χ4n) is 2.21. The molecule has 20 heavy (non-hydrogen) atoms. The predicted octanol–water partition coefficient (Wildman–Crippen LogP) is -1.51. The molecule has 3 heterocycles. The van der Waals surface area contributed by atoms with Crippen LogP contribution in [0.5, 0.6) is 0 Å². The summed E-state index contributed by atoms with van der Waals surface area (Å²) in [6, 6.07) is 0. The van der Waals surface area contributed by atoms with E-state index in [9.17, 15) is 15.0 Å². The molecule has 1 saturated heterocycles. The lowest BCUT2D eigenvalue weighted by Crippen LogP contribution is -2.33. The number of H-pyrrole nitrogens is 1. The summed E-state index contributed by atoms with van der Waals surface area (Å²) in [5.74, 6) is 0. The van der Waals surface area contributed by atoms with Gasteiger partial charge in [-0.05, 0) is 15.9 Å². The number of aromatic nitrogens is 4. The van der Waals surface area contributed by atoms with Crippen LogP contribution in [0.1, 0.15) is 6.23 Å². The molecule has 2 aromatic heterocycles. The lowest BCUT2D eigenvalue weighted by Gasteiger charge is -2.17. The van der Waals surface area contributed by atoms with E-state index in [1.807, 2.05) is 0 Å². The van der Waals surface area contributed by atoms with Crippen LogP contribution in [0.4, 0.5) is 0 Å². The average Bonchev–Trinajstić information content (AvgIpc) is 2.90. The molecule has 2 aromatic rings. The maximum Gasteiger partial charge on any atom is 0.278 e. The number of nitrogens with zero attached hydrogens (tertiary/aromatic N) is 3. The Morgan fingerprint density at radius 1 is 1.45 bits per heavy atom. The zero-order chi connectivity index (χ0) is 14.4. The lowest BCUT2D eigenvalue weighted by molar-refractivity contribution is -0.0521. The van der Waals surface area contributed by atoms with Crippen molar-refractivity contribution in [2.24, 2.45) is 0 Å². The molecule has 4 N–H and O–H groups in total. The largest absolute Gasteiger partial charge is 0.394 e. The van der Waals surface area contributed by atoms with Gasteiger partial charge < -0.3 is 25.0 Å². The second kappa shape index (κ2) is 4.90. The highest BCUT2D eigenvalue weighted by atomic mass is 79.9. The maximum absolute atomic E-state index is 11.6. The number of rotatable bonds is 2. The molecule has 108 valence electrons. The van der Waals surface area contributed by atoms with Gasteiger partial charge in [0.05, 0.1) is 12.9 Å². The second-order valence-electron chi connectivity index (χ2n) is 4.38. The summed E-state index contributed by atoms with van der Waals surface area (Å²) in [5, 5.41) is 28.9. The van der Waals surface area contributed by atoms with Gasteiger partial charge in [-0.2, -0.15) is 0 Å². The third kappa shape index (κ3) is 1.88. The molecule has 0 aliphatic carbocycles. The molecule has 0 aromatic carbocycles. The van der Waals surface area contributed by atoms with E-state index in [-0.39, 0.29) is 15.9 Å². The Morgan fingerprint density at radius 2 is 2.20 bits per heavy atom. The summed E-state index contributed by atoms with van der Waals surface area (Å²) in [6.07, 6.45) is -3.23. The van der Waals surface area contributed by atoms with Crippen LogP contribution < -0.4 is 5.56 Å². The molecule has 0 radical (unpaired) electrons. The lowest BCUT2D eigenvalue weighted by atomic mass is 10.1. The van der Waals surface area contributed by atoms with E-state index < -0.39 is 36.7 Å². The molecular formula is C10H11BrN4O5. The van der Waals surface area contributed by atoms with Gasteiger partial charge in [-0.15, -0.1) is 0 Å². The number of ether oxygens (including phenoxy) is 1. The molecule has 1 fully saturated rings. The van der Waals surface area contributed by atoms with Crippen molar-refractivity contribution in [3.8, 4) is 0 Å². The minimum atomic E-state index is -1.28. The molecule has 1 aliphatic heterocycles. The van der Waals surface area contributed by atoms with Crippen LogP contribution in [0.2, 0.25) is 0 Å². The van der Waals surface area contributed by atoms with E-state index >= 15 is 0 Å². The highest BCUT2D eigenvalue weighted by molar-refractivity contribution is 9.10. The summed E-state index contributed by atoms with van der Waals surface area (Å²) < 4.78 is 6.98. The number of fused-ring (bicyclic) bond motifs is 1. The molecule has 10 heteroatoms. The van der Waals surface area contributed by atoms with E-state index in [0.717, 1.165) is 0 Å². The van der Waals surface area contributed by atoms with Gasteiger partial charge in [0, 0.05) is 0 Å². The first-order chi connectivity index (χ1) is 9.54. The number of imidazole rings is 1. The number of halogens is 1. The highest BCUT2D eigenvalue weighted by Gasteiger charge is 2.44. The normalized spacial score (nSPS) is 30.2. The van der Waals surface area contributed by atoms with Crippen LogP contribution in [-0.4, -0.2) is 59.8 Å². The van der Waals surface area contributed by atoms with Crippen LogP contribution >= 0.6 is 15.9 Å². The van der Waals surface area contributed by atoms with Gasteiger partial charge in [0.2, 0.25) is 0 Å². The van der Waals surface area contributed by atoms with Crippen molar-refractivity contribution < 1.29 is 20.1 Å². The Morgan fingerprint density at radius 3 is 2.85 bits per heavy atom. The summed E-state index contributed by atoms with van der Waals surface area (Å²) in [6.45, 7) is -0.438. The molecule has 0 amide bonds. The molecule has 3 rings (SSSR count). The highest BCUT2D eigenvalue weighted by Crippen LogP contribution is 2.33. The topological polar surface area (TPSA) is 133 Å². The van der Waals surface area contributed by atoms with Crippen molar-refractivity contribution in [2.75, 3.05) is 6.61 Å². The minimum Gasteiger partial charge on any atom is -0.394 e. The Bertz CT molecular complexity index is 701. The second-order valence-corrected chi connectivity index (χ2v) is 5.09. The van der Waals surface area contributed by atoms with E-state index in [2.05, 4.69) is 30.9 Å². The van der Waals surface area contributed by atoms with Crippen molar-refractivity contribution in [3.05, 3.63) is 21.4 Å². The third-order valence-electron chi connectivity index (χ3n) is 3.21. The molecule has 0 saturated carbocycles. The van der Waals surface area contributed by atoms with Crippen LogP contribution in [0.15, 0.2) is 15.9 Å². The third-order valence-corrected chi connectivity index (χ3v) is 3.77. The molecule has 1 aliphatic rings. The fraction of sp³-hybridized carbons (Fsp3) is 0.500. The molecule has 0 unspecified atom stereocenters. The first-order valence-electron chi connectivity index (χ1n) is 5.78. The number of aliphatic hydroxyl groups excluding tert-OH is 3. The van der Waals surface area contributed by atoms with Crippen molar-refractivity contribution in [1.29, 1.82) is 0 Å².